The summed E-state index contributed by atoms with van der Waals surface area (Å²) in [5, 5.41) is 0. The fraction of sp³-hybridized carbons (Fsp3) is 0.692. The van der Waals surface area contributed by atoms with Crippen LogP contribution in [0.1, 0.15) is 47.0 Å². The van der Waals surface area contributed by atoms with Crippen molar-refractivity contribution in [3.8, 4) is 0 Å². The molecule has 0 fully saturated rings. The van der Waals surface area contributed by atoms with Gasteiger partial charge in [-0.15, -0.1) is 0 Å². The molecule has 0 bridgehead atoms. The van der Waals surface area contributed by atoms with Crippen LogP contribution < -0.4 is 0 Å². The average molecular weight is 177 g/mol. The van der Waals surface area contributed by atoms with Gasteiger partial charge in [-0.05, 0) is 23.5 Å². The van der Waals surface area contributed by atoms with Gasteiger partial charge in [-0.25, -0.2) is 0 Å². The van der Waals surface area contributed by atoms with E-state index in [0.717, 1.165) is 0 Å². The zero-order valence-corrected chi connectivity index (χ0v) is 9.35. The Hall–Kier alpha value is -0.520. The van der Waals surface area contributed by atoms with Crippen LogP contribution in [0.4, 0.5) is 0 Å². The summed E-state index contributed by atoms with van der Waals surface area (Å²) < 4.78 is 0. The zero-order chi connectivity index (χ0) is 9.90. The average Bonchev–Trinajstić information content (AvgIpc) is 2.47. The maximum absolute atomic E-state index is 3.43. The van der Waals surface area contributed by atoms with Gasteiger partial charge in [0.25, 0.3) is 0 Å². The SMILES string of the molecule is CCCCC1[C]=CC(C(C)(C)C)=C1. The van der Waals surface area contributed by atoms with E-state index in [1.54, 1.807) is 0 Å². The normalized spacial score (nSPS) is 22.2. The van der Waals surface area contributed by atoms with Gasteiger partial charge in [0.1, 0.15) is 0 Å². The second-order valence-electron chi connectivity index (χ2n) is 4.93. The van der Waals surface area contributed by atoms with E-state index in [0.29, 0.717) is 11.3 Å². The van der Waals surface area contributed by atoms with Crippen molar-refractivity contribution in [3.05, 3.63) is 23.8 Å². The molecule has 0 saturated heterocycles. The van der Waals surface area contributed by atoms with Crippen LogP contribution >= 0.6 is 0 Å². The zero-order valence-electron chi connectivity index (χ0n) is 9.35. The van der Waals surface area contributed by atoms with Crippen LogP contribution in [0.5, 0.6) is 0 Å². The van der Waals surface area contributed by atoms with Crippen molar-refractivity contribution in [1.29, 1.82) is 0 Å². The Morgan fingerprint density at radius 2 is 2.08 bits per heavy atom. The Morgan fingerprint density at radius 3 is 2.54 bits per heavy atom. The second kappa shape index (κ2) is 4.13. The van der Waals surface area contributed by atoms with Gasteiger partial charge < -0.3 is 0 Å². The molecule has 0 amide bonds. The van der Waals surface area contributed by atoms with Crippen LogP contribution in [-0.2, 0) is 0 Å². The summed E-state index contributed by atoms with van der Waals surface area (Å²) in [7, 11) is 0. The first-order valence-corrected chi connectivity index (χ1v) is 5.35. The van der Waals surface area contributed by atoms with Crippen molar-refractivity contribution >= 4 is 0 Å². The van der Waals surface area contributed by atoms with E-state index in [2.05, 4.69) is 45.9 Å². The molecule has 13 heavy (non-hydrogen) atoms. The second-order valence-corrected chi connectivity index (χ2v) is 4.93. The van der Waals surface area contributed by atoms with Gasteiger partial charge in [0.2, 0.25) is 0 Å². The van der Waals surface area contributed by atoms with Crippen molar-refractivity contribution in [2.45, 2.75) is 47.0 Å². The number of rotatable bonds is 3. The highest BCUT2D eigenvalue weighted by atomic mass is 14.2. The lowest BCUT2D eigenvalue weighted by molar-refractivity contribution is 0.514. The standard InChI is InChI=1S/C13H21/c1-5-6-7-11-8-9-12(10-11)13(2,3)4/h9-11H,5-7H2,1-4H3. The van der Waals surface area contributed by atoms with Crippen LogP contribution in [-0.4, -0.2) is 0 Å². The van der Waals surface area contributed by atoms with E-state index in [-0.39, 0.29) is 0 Å². The largest absolute Gasteiger partial charge is 0.0732 e. The molecule has 0 aromatic carbocycles. The molecular formula is C13H21. The van der Waals surface area contributed by atoms with Gasteiger partial charge in [0.05, 0.1) is 0 Å². The third-order valence-corrected chi connectivity index (χ3v) is 2.57. The van der Waals surface area contributed by atoms with Crippen molar-refractivity contribution in [2.24, 2.45) is 11.3 Å². The van der Waals surface area contributed by atoms with E-state index in [1.165, 1.54) is 24.8 Å². The first-order chi connectivity index (χ1) is 6.04. The first kappa shape index (κ1) is 10.6. The van der Waals surface area contributed by atoms with Crippen LogP contribution in [0.3, 0.4) is 0 Å². The molecule has 1 radical (unpaired) electrons. The van der Waals surface area contributed by atoms with E-state index in [1.807, 2.05) is 0 Å². The van der Waals surface area contributed by atoms with Crippen LogP contribution in [0, 0.1) is 17.4 Å². The summed E-state index contributed by atoms with van der Waals surface area (Å²) in [5.74, 6) is 0.592. The van der Waals surface area contributed by atoms with Crippen LogP contribution in [0.25, 0.3) is 0 Å². The van der Waals surface area contributed by atoms with Gasteiger partial charge in [0.15, 0.2) is 0 Å². The molecule has 0 nitrogen and oxygen atoms in total. The fourth-order valence-electron chi connectivity index (χ4n) is 1.57. The summed E-state index contributed by atoms with van der Waals surface area (Å²) >= 11 is 0. The van der Waals surface area contributed by atoms with Gasteiger partial charge in [-0.1, -0.05) is 52.7 Å². The highest BCUT2D eigenvalue weighted by Gasteiger charge is 2.19. The molecule has 1 atom stereocenters. The van der Waals surface area contributed by atoms with E-state index >= 15 is 0 Å². The van der Waals surface area contributed by atoms with Crippen molar-refractivity contribution in [3.63, 3.8) is 0 Å². The Balaban J connectivity index is 2.50. The summed E-state index contributed by atoms with van der Waals surface area (Å²) in [6.07, 6.45) is 11.9. The van der Waals surface area contributed by atoms with E-state index in [4.69, 9.17) is 0 Å². The first-order valence-electron chi connectivity index (χ1n) is 5.35. The van der Waals surface area contributed by atoms with Gasteiger partial charge in [0, 0.05) is 5.92 Å². The molecule has 73 valence electrons. The lowest BCUT2D eigenvalue weighted by Gasteiger charge is -2.18. The molecule has 0 N–H and O–H groups in total. The molecule has 0 heteroatoms. The van der Waals surface area contributed by atoms with Crippen molar-refractivity contribution in [1.82, 2.24) is 0 Å². The van der Waals surface area contributed by atoms with Crippen molar-refractivity contribution < 1.29 is 0 Å². The van der Waals surface area contributed by atoms with E-state index < -0.39 is 0 Å². The monoisotopic (exact) mass is 177 g/mol. The molecule has 0 heterocycles. The predicted octanol–water partition coefficient (Wildman–Crippen LogP) is 4.14. The molecule has 0 aromatic heterocycles. The molecule has 0 aromatic rings. The minimum absolute atomic E-state index is 0.300. The molecule has 0 saturated carbocycles. The van der Waals surface area contributed by atoms with Crippen LogP contribution in [0.15, 0.2) is 17.7 Å². The lowest BCUT2D eigenvalue weighted by Crippen LogP contribution is -2.06. The van der Waals surface area contributed by atoms with Gasteiger partial charge in [-0.2, -0.15) is 0 Å². The molecule has 1 rings (SSSR count). The summed E-state index contributed by atoms with van der Waals surface area (Å²) in [4.78, 5) is 0. The maximum Gasteiger partial charge on any atom is 0.00270 e. The number of allylic oxidation sites excluding steroid dienone is 4. The topological polar surface area (TPSA) is 0 Å². The minimum atomic E-state index is 0.300. The van der Waals surface area contributed by atoms with Gasteiger partial charge >= 0.3 is 0 Å². The van der Waals surface area contributed by atoms with Crippen molar-refractivity contribution in [2.75, 3.05) is 0 Å². The molecule has 1 aliphatic rings. The minimum Gasteiger partial charge on any atom is -0.0732 e. The Labute approximate surface area is 82.7 Å². The molecule has 1 unspecified atom stereocenters. The maximum atomic E-state index is 3.43. The summed E-state index contributed by atoms with van der Waals surface area (Å²) in [6.45, 7) is 9.03. The molecule has 0 spiro atoms. The van der Waals surface area contributed by atoms with E-state index in [9.17, 15) is 0 Å². The molecular weight excluding hydrogens is 156 g/mol. The van der Waals surface area contributed by atoms with Gasteiger partial charge in [-0.3, -0.25) is 0 Å². The number of unbranched alkanes of at least 4 members (excludes halogenated alkanes) is 1. The quantitative estimate of drug-likeness (QED) is 0.608. The predicted molar refractivity (Wildman–Crippen MR) is 58.4 cm³/mol. The fourth-order valence-corrected chi connectivity index (χ4v) is 1.57. The summed E-state index contributed by atoms with van der Waals surface area (Å²) in [5.41, 5.74) is 1.75. The lowest BCUT2D eigenvalue weighted by atomic mass is 9.87. The molecule has 0 aliphatic heterocycles. The number of hydrogen-bond donors (Lipinski definition) is 0. The Bertz CT molecular complexity index is 213. The Kier molecular flexibility index (Phi) is 3.35. The number of hydrogen-bond acceptors (Lipinski definition) is 0. The summed E-state index contributed by atoms with van der Waals surface area (Å²) in [6, 6.07) is 0. The molecule has 1 aliphatic carbocycles. The highest BCUT2D eigenvalue weighted by molar-refractivity contribution is 5.30. The van der Waals surface area contributed by atoms with Crippen LogP contribution in [0.2, 0.25) is 0 Å². The smallest absolute Gasteiger partial charge is 0.00270 e. The highest BCUT2D eigenvalue weighted by Crippen LogP contribution is 2.32. The Morgan fingerprint density at radius 1 is 1.38 bits per heavy atom. The third kappa shape index (κ3) is 3.02. The third-order valence-electron chi connectivity index (χ3n) is 2.57.